The first-order chi connectivity index (χ1) is 16.7. The number of carbonyl (C=O) groups is 2. The van der Waals surface area contributed by atoms with Gasteiger partial charge in [0.25, 0.3) is 5.91 Å². The van der Waals surface area contributed by atoms with Crippen LogP contribution in [0.25, 0.3) is 0 Å². The number of amides is 3. The fraction of sp³-hybridized carbons (Fsp3) is 0.704. The maximum atomic E-state index is 13.5. The third-order valence-corrected chi connectivity index (χ3v) is 7.15. The Morgan fingerprint density at radius 3 is 2.57 bits per heavy atom. The summed E-state index contributed by atoms with van der Waals surface area (Å²) in [6.07, 6.45) is 6.34. The number of aliphatic hydroxyl groups excluding tert-OH is 1. The number of aliphatic hydroxyl groups is 1. The van der Waals surface area contributed by atoms with Crippen molar-refractivity contribution in [3.63, 3.8) is 0 Å². The predicted molar refractivity (Wildman–Crippen MR) is 139 cm³/mol. The minimum absolute atomic E-state index is 0.0230. The summed E-state index contributed by atoms with van der Waals surface area (Å²) in [5.74, 6) is 0.950. The lowest BCUT2D eigenvalue weighted by Crippen LogP contribution is -2.50. The summed E-state index contributed by atoms with van der Waals surface area (Å²) in [4.78, 5) is 30.1. The topological polar surface area (TPSA) is 94.1 Å². The van der Waals surface area contributed by atoms with Crippen LogP contribution in [0.2, 0.25) is 0 Å². The van der Waals surface area contributed by atoms with Crippen LogP contribution in [0.4, 0.5) is 10.5 Å². The smallest absolute Gasteiger partial charge is 0.319 e. The number of hydrogen-bond donors (Lipinski definition) is 3. The number of benzene rings is 1. The minimum Gasteiger partial charge on any atom is -0.486 e. The third-order valence-electron chi connectivity index (χ3n) is 7.15. The summed E-state index contributed by atoms with van der Waals surface area (Å²) in [6.45, 7) is 9.87. The molecule has 1 aliphatic heterocycles. The summed E-state index contributed by atoms with van der Waals surface area (Å²) in [5.41, 5.74) is 0.874. The second kappa shape index (κ2) is 12.6. The van der Waals surface area contributed by atoms with Gasteiger partial charge in [0.1, 0.15) is 6.10 Å². The van der Waals surface area contributed by atoms with Crippen LogP contribution in [0.5, 0.6) is 5.75 Å². The van der Waals surface area contributed by atoms with Crippen molar-refractivity contribution >= 4 is 17.6 Å². The van der Waals surface area contributed by atoms with Crippen molar-refractivity contribution in [1.82, 2.24) is 15.1 Å². The number of likely N-dealkylation sites (N-methyl/N-ethyl adjacent to an activating group) is 1. The Morgan fingerprint density at radius 2 is 1.91 bits per heavy atom. The van der Waals surface area contributed by atoms with E-state index in [1.807, 2.05) is 20.8 Å². The van der Waals surface area contributed by atoms with Crippen molar-refractivity contribution in [1.29, 1.82) is 0 Å². The number of fused-ring (bicyclic) bond motifs is 1. The molecule has 0 saturated heterocycles. The van der Waals surface area contributed by atoms with Gasteiger partial charge in [-0.1, -0.05) is 32.3 Å². The summed E-state index contributed by atoms with van der Waals surface area (Å²) in [7, 11) is 2.14. The zero-order chi connectivity index (χ0) is 25.5. The summed E-state index contributed by atoms with van der Waals surface area (Å²) in [5, 5.41) is 15.6. The van der Waals surface area contributed by atoms with Crippen molar-refractivity contribution in [2.45, 2.75) is 78.0 Å². The highest BCUT2D eigenvalue weighted by molar-refractivity contribution is 6.01. The normalized spacial score (nSPS) is 22.3. The molecule has 1 saturated carbocycles. The van der Waals surface area contributed by atoms with Crippen LogP contribution in [-0.4, -0.2) is 78.3 Å². The molecule has 3 amide bonds. The Hall–Kier alpha value is -2.32. The standard InChI is InChI=1S/C27H44N4O4/c1-18(2)28-27(34)29-23-13-9-12-22-25(23)35-24(16-30(5)15-21-10-7-6-8-11-21)19(3)14-31(26(22)33)20(4)17-32/h9,12-13,18-21,24,32H,6-8,10-11,14-17H2,1-5H3,(H2,28,29,34)/t19-,20+,24-/m0/s1. The zero-order valence-electron chi connectivity index (χ0n) is 22.0. The molecule has 3 N–H and O–H groups in total. The molecule has 0 spiro atoms. The van der Waals surface area contributed by atoms with Crippen molar-refractivity contribution in [2.24, 2.45) is 11.8 Å². The van der Waals surface area contributed by atoms with Gasteiger partial charge in [-0.15, -0.1) is 0 Å². The molecule has 3 rings (SSSR count). The van der Waals surface area contributed by atoms with Gasteiger partial charge in [0.05, 0.1) is 23.9 Å². The average Bonchev–Trinajstić information content (AvgIpc) is 2.81. The summed E-state index contributed by atoms with van der Waals surface area (Å²) in [6, 6.07) is 4.57. The molecular formula is C27H44N4O4. The van der Waals surface area contributed by atoms with Gasteiger partial charge in [-0.25, -0.2) is 4.79 Å². The van der Waals surface area contributed by atoms with Gasteiger partial charge in [0.2, 0.25) is 0 Å². The molecular weight excluding hydrogens is 444 g/mol. The minimum atomic E-state index is -0.342. The van der Waals surface area contributed by atoms with Gasteiger partial charge < -0.3 is 30.3 Å². The molecule has 1 aromatic rings. The van der Waals surface area contributed by atoms with Gasteiger partial charge >= 0.3 is 6.03 Å². The monoisotopic (exact) mass is 488 g/mol. The highest BCUT2D eigenvalue weighted by atomic mass is 16.5. The Bertz CT molecular complexity index is 856. The van der Waals surface area contributed by atoms with E-state index < -0.39 is 0 Å². The predicted octanol–water partition coefficient (Wildman–Crippen LogP) is 3.95. The quantitative estimate of drug-likeness (QED) is 0.515. The number of para-hydroxylation sites is 1. The molecule has 1 fully saturated rings. The molecule has 1 aromatic carbocycles. The van der Waals surface area contributed by atoms with Crippen molar-refractivity contribution < 1.29 is 19.4 Å². The van der Waals surface area contributed by atoms with Gasteiger partial charge in [0, 0.05) is 31.6 Å². The number of ether oxygens (including phenoxy) is 1. The number of anilines is 1. The highest BCUT2D eigenvalue weighted by Crippen LogP contribution is 2.35. The number of nitrogens with one attached hydrogen (secondary N) is 2. The van der Waals surface area contributed by atoms with Crippen LogP contribution in [0.3, 0.4) is 0 Å². The van der Waals surface area contributed by atoms with E-state index >= 15 is 0 Å². The van der Waals surface area contributed by atoms with Crippen molar-refractivity contribution in [3.05, 3.63) is 23.8 Å². The highest BCUT2D eigenvalue weighted by Gasteiger charge is 2.35. The largest absolute Gasteiger partial charge is 0.486 e. The van der Waals surface area contributed by atoms with Crippen molar-refractivity contribution in [3.8, 4) is 5.75 Å². The van der Waals surface area contributed by atoms with Crippen LogP contribution >= 0.6 is 0 Å². The average molecular weight is 489 g/mol. The molecule has 8 heteroatoms. The lowest BCUT2D eigenvalue weighted by atomic mass is 9.89. The van der Waals surface area contributed by atoms with Crippen LogP contribution in [-0.2, 0) is 0 Å². The molecule has 2 aliphatic rings. The molecule has 0 unspecified atom stereocenters. The van der Waals surface area contributed by atoms with Crippen LogP contribution in [0.15, 0.2) is 18.2 Å². The molecule has 1 heterocycles. The fourth-order valence-corrected chi connectivity index (χ4v) is 5.17. The van der Waals surface area contributed by atoms with Crippen LogP contribution in [0, 0.1) is 11.8 Å². The third kappa shape index (κ3) is 7.34. The SMILES string of the molecule is CC(C)NC(=O)Nc1cccc2c1O[C@@H](CN(C)CC1CCCCC1)[C@@H](C)CN([C@H](C)CO)C2=O. The van der Waals surface area contributed by atoms with E-state index in [0.717, 1.165) is 13.1 Å². The molecule has 3 atom stereocenters. The molecule has 196 valence electrons. The van der Waals surface area contributed by atoms with E-state index in [9.17, 15) is 14.7 Å². The van der Waals surface area contributed by atoms with E-state index in [1.54, 1.807) is 23.1 Å². The zero-order valence-corrected chi connectivity index (χ0v) is 22.0. The number of nitrogens with zero attached hydrogens (tertiary/aromatic N) is 2. The Balaban J connectivity index is 1.90. The number of urea groups is 1. The molecule has 0 aromatic heterocycles. The second-order valence-corrected chi connectivity index (χ2v) is 10.8. The molecule has 1 aliphatic carbocycles. The molecule has 35 heavy (non-hydrogen) atoms. The van der Waals surface area contributed by atoms with E-state index in [-0.39, 0.29) is 42.7 Å². The fourth-order valence-electron chi connectivity index (χ4n) is 5.17. The summed E-state index contributed by atoms with van der Waals surface area (Å²) < 4.78 is 6.58. The Labute approximate surface area is 210 Å². The van der Waals surface area contributed by atoms with E-state index in [2.05, 4.69) is 29.5 Å². The lowest BCUT2D eigenvalue weighted by Gasteiger charge is -2.39. The van der Waals surface area contributed by atoms with E-state index in [4.69, 9.17) is 4.74 Å². The van der Waals surface area contributed by atoms with Gasteiger partial charge in [-0.2, -0.15) is 0 Å². The number of carbonyl (C=O) groups excluding carboxylic acids is 2. The number of rotatable bonds is 8. The first-order valence-electron chi connectivity index (χ1n) is 13.2. The molecule has 0 bridgehead atoms. The van der Waals surface area contributed by atoms with Gasteiger partial charge in [-0.3, -0.25) is 4.79 Å². The van der Waals surface area contributed by atoms with Gasteiger partial charge in [0.15, 0.2) is 5.75 Å². The van der Waals surface area contributed by atoms with Gasteiger partial charge in [-0.05, 0) is 58.7 Å². The first kappa shape index (κ1) is 27.3. The molecule has 8 nitrogen and oxygen atoms in total. The van der Waals surface area contributed by atoms with Crippen LogP contribution in [0.1, 0.15) is 70.2 Å². The van der Waals surface area contributed by atoms with Crippen molar-refractivity contribution in [2.75, 3.05) is 38.6 Å². The second-order valence-electron chi connectivity index (χ2n) is 10.8. The maximum absolute atomic E-state index is 13.5. The molecule has 0 radical (unpaired) electrons. The summed E-state index contributed by atoms with van der Waals surface area (Å²) >= 11 is 0. The Kier molecular flexibility index (Phi) is 9.80. The Morgan fingerprint density at radius 1 is 1.20 bits per heavy atom. The van der Waals surface area contributed by atoms with E-state index in [1.165, 1.54) is 32.1 Å². The maximum Gasteiger partial charge on any atom is 0.319 e. The number of hydrogen-bond acceptors (Lipinski definition) is 5. The van der Waals surface area contributed by atoms with Crippen LogP contribution < -0.4 is 15.4 Å². The van der Waals surface area contributed by atoms with E-state index in [0.29, 0.717) is 29.5 Å². The lowest BCUT2D eigenvalue weighted by molar-refractivity contribution is 0.0333. The first-order valence-corrected chi connectivity index (χ1v) is 13.2.